The zero-order valence-electron chi connectivity index (χ0n) is 12.9. The fourth-order valence-electron chi connectivity index (χ4n) is 3.07. The fraction of sp³-hybridized carbons (Fsp3) is 0.867. The summed E-state index contributed by atoms with van der Waals surface area (Å²) in [5.74, 6) is 0.667. The Morgan fingerprint density at radius 2 is 1.74 bits per heavy atom. The molecule has 2 aliphatic rings. The summed E-state index contributed by atoms with van der Waals surface area (Å²) in [7, 11) is 0. The second-order valence-corrected chi connectivity index (χ2v) is 6.52. The molecule has 0 aromatic rings. The molecule has 19 heavy (non-hydrogen) atoms. The Morgan fingerprint density at radius 1 is 1.11 bits per heavy atom. The minimum atomic E-state index is 0.574. The summed E-state index contributed by atoms with van der Waals surface area (Å²) in [6.45, 7) is 14.6. The molecule has 0 aromatic carbocycles. The average Bonchev–Trinajstić information content (AvgIpc) is 2.39. The van der Waals surface area contributed by atoms with Crippen molar-refractivity contribution in [2.24, 2.45) is 11.7 Å². The van der Waals surface area contributed by atoms with Gasteiger partial charge in [0.25, 0.3) is 0 Å². The zero-order chi connectivity index (χ0) is 14.0. The first-order chi connectivity index (χ1) is 8.99. The fourth-order valence-corrected chi connectivity index (χ4v) is 3.07. The van der Waals surface area contributed by atoms with Crippen LogP contribution in [0.15, 0.2) is 11.4 Å². The first kappa shape index (κ1) is 14.7. The van der Waals surface area contributed by atoms with Crippen molar-refractivity contribution in [1.29, 1.82) is 0 Å². The van der Waals surface area contributed by atoms with Crippen LogP contribution < -0.4 is 11.1 Å². The zero-order valence-corrected chi connectivity index (χ0v) is 12.9. The average molecular weight is 266 g/mol. The lowest BCUT2D eigenvalue weighted by Crippen LogP contribution is -2.51. The van der Waals surface area contributed by atoms with Gasteiger partial charge in [0.2, 0.25) is 0 Å². The summed E-state index contributed by atoms with van der Waals surface area (Å²) in [6.07, 6.45) is 1.09. The van der Waals surface area contributed by atoms with E-state index in [9.17, 15) is 0 Å². The summed E-state index contributed by atoms with van der Waals surface area (Å²) in [5.41, 5.74) is 8.68. The highest BCUT2D eigenvalue weighted by molar-refractivity contribution is 5.18. The highest BCUT2D eigenvalue weighted by atomic mass is 15.3. The van der Waals surface area contributed by atoms with Gasteiger partial charge >= 0.3 is 0 Å². The Kier molecular flexibility index (Phi) is 4.74. The van der Waals surface area contributed by atoms with Crippen LogP contribution >= 0.6 is 0 Å². The number of nitrogens with one attached hydrogen (secondary N) is 1. The van der Waals surface area contributed by atoms with Gasteiger partial charge in [0, 0.05) is 62.6 Å². The van der Waals surface area contributed by atoms with E-state index in [1.807, 2.05) is 0 Å². The molecule has 110 valence electrons. The largest absolute Gasteiger partial charge is 0.400 e. The standard InChI is InChI=1S/C15H30N4/c1-11(2)14-9-15(13(16)10-17-14)19-7-5-18(6-8-19)12(3)4/h11-12,14,17H,5-10,16H2,1-4H3. The normalized spacial score (nSPS) is 26.6. The molecule has 3 N–H and O–H groups in total. The van der Waals surface area contributed by atoms with Crippen molar-refractivity contribution in [2.75, 3.05) is 32.7 Å². The monoisotopic (exact) mass is 266 g/mol. The molecule has 0 radical (unpaired) electrons. The molecule has 0 spiro atoms. The van der Waals surface area contributed by atoms with Gasteiger partial charge in [-0.3, -0.25) is 4.90 Å². The summed E-state index contributed by atoms with van der Waals surface area (Å²) in [4.78, 5) is 5.07. The van der Waals surface area contributed by atoms with E-state index in [1.165, 1.54) is 5.70 Å². The van der Waals surface area contributed by atoms with Gasteiger partial charge < -0.3 is 16.0 Å². The first-order valence-corrected chi connectivity index (χ1v) is 7.69. The van der Waals surface area contributed by atoms with Crippen molar-refractivity contribution in [3.63, 3.8) is 0 Å². The van der Waals surface area contributed by atoms with Gasteiger partial charge in [-0.15, -0.1) is 0 Å². The molecule has 2 heterocycles. The molecule has 2 rings (SSSR count). The lowest BCUT2D eigenvalue weighted by molar-refractivity contribution is 0.122. The lowest BCUT2D eigenvalue weighted by atomic mass is 9.94. The molecule has 0 aromatic heterocycles. The Bertz CT molecular complexity index is 327. The first-order valence-electron chi connectivity index (χ1n) is 7.69. The van der Waals surface area contributed by atoms with Gasteiger partial charge in [-0.05, 0) is 19.8 Å². The van der Waals surface area contributed by atoms with Gasteiger partial charge in [0.05, 0.1) is 0 Å². The van der Waals surface area contributed by atoms with E-state index in [-0.39, 0.29) is 0 Å². The van der Waals surface area contributed by atoms with E-state index < -0.39 is 0 Å². The van der Waals surface area contributed by atoms with E-state index in [1.54, 1.807) is 0 Å². The summed E-state index contributed by atoms with van der Waals surface area (Å²) in [6, 6.07) is 1.23. The molecule has 2 aliphatic heterocycles. The molecule has 1 atom stereocenters. The minimum Gasteiger partial charge on any atom is -0.400 e. The summed E-state index contributed by atoms with van der Waals surface area (Å²) < 4.78 is 0. The van der Waals surface area contributed by atoms with Gasteiger partial charge in [0.1, 0.15) is 0 Å². The van der Waals surface area contributed by atoms with Gasteiger partial charge in [-0.2, -0.15) is 0 Å². The second kappa shape index (κ2) is 6.14. The van der Waals surface area contributed by atoms with E-state index in [0.29, 0.717) is 18.0 Å². The quantitative estimate of drug-likeness (QED) is 0.806. The van der Waals surface area contributed by atoms with Crippen LogP contribution in [-0.4, -0.2) is 54.6 Å². The highest BCUT2D eigenvalue weighted by Crippen LogP contribution is 2.23. The third-order valence-electron chi connectivity index (χ3n) is 4.57. The Balaban J connectivity index is 1.98. The highest BCUT2D eigenvalue weighted by Gasteiger charge is 2.27. The van der Waals surface area contributed by atoms with Crippen LogP contribution in [0.3, 0.4) is 0 Å². The Labute approximate surface area is 118 Å². The number of hydrogen-bond acceptors (Lipinski definition) is 4. The Morgan fingerprint density at radius 3 is 2.26 bits per heavy atom. The molecular formula is C15H30N4. The van der Waals surface area contributed by atoms with Crippen LogP contribution in [-0.2, 0) is 0 Å². The SMILES string of the molecule is CC(C)C1CC(N2CCN(C(C)C)CC2)=C(N)CN1. The van der Waals surface area contributed by atoms with Crippen LogP contribution in [0, 0.1) is 5.92 Å². The van der Waals surface area contributed by atoms with E-state index in [4.69, 9.17) is 5.73 Å². The molecular weight excluding hydrogens is 236 g/mol. The molecule has 4 nitrogen and oxygen atoms in total. The molecule has 0 bridgehead atoms. The third-order valence-corrected chi connectivity index (χ3v) is 4.57. The van der Waals surface area contributed by atoms with Crippen molar-refractivity contribution >= 4 is 0 Å². The number of nitrogens with zero attached hydrogens (tertiary/aromatic N) is 2. The maximum absolute atomic E-state index is 6.23. The van der Waals surface area contributed by atoms with Crippen LogP contribution in [0.5, 0.6) is 0 Å². The number of hydrogen-bond donors (Lipinski definition) is 2. The molecule has 1 fully saturated rings. The third kappa shape index (κ3) is 3.42. The summed E-state index contributed by atoms with van der Waals surface area (Å²) in [5, 5.41) is 3.54. The molecule has 0 aliphatic carbocycles. The maximum Gasteiger partial charge on any atom is 0.0417 e. The van der Waals surface area contributed by atoms with E-state index >= 15 is 0 Å². The Hall–Kier alpha value is -0.740. The minimum absolute atomic E-state index is 0.574. The van der Waals surface area contributed by atoms with Gasteiger partial charge in [-0.25, -0.2) is 0 Å². The summed E-state index contributed by atoms with van der Waals surface area (Å²) >= 11 is 0. The van der Waals surface area contributed by atoms with E-state index in [2.05, 4.69) is 42.8 Å². The smallest absolute Gasteiger partial charge is 0.0417 e. The van der Waals surface area contributed by atoms with Crippen molar-refractivity contribution < 1.29 is 0 Å². The van der Waals surface area contributed by atoms with Crippen molar-refractivity contribution in [2.45, 2.75) is 46.2 Å². The number of piperazine rings is 1. The molecule has 0 saturated carbocycles. The molecule has 4 heteroatoms. The molecule has 0 amide bonds. The van der Waals surface area contributed by atoms with Crippen molar-refractivity contribution in [1.82, 2.24) is 15.1 Å². The van der Waals surface area contributed by atoms with Gasteiger partial charge in [-0.1, -0.05) is 13.8 Å². The van der Waals surface area contributed by atoms with Crippen LogP contribution in [0.25, 0.3) is 0 Å². The predicted octanol–water partition coefficient (Wildman–Crippen LogP) is 1.20. The van der Waals surface area contributed by atoms with Crippen molar-refractivity contribution in [3.05, 3.63) is 11.4 Å². The number of nitrogens with two attached hydrogens (primary N) is 1. The second-order valence-electron chi connectivity index (χ2n) is 6.52. The topological polar surface area (TPSA) is 44.5 Å². The lowest BCUT2D eigenvalue weighted by Gasteiger charge is -2.42. The molecule has 1 unspecified atom stereocenters. The molecule has 1 saturated heterocycles. The predicted molar refractivity (Wildman–Crippen MR) is 80.7 cm³/mol. The van der Waals surface area contributed by atoms with Crippen LogP contribution in [0.1, 0.15) is 34.1 Å². The van der Waals surface area contributed by atoms with Crippen LogP contribution in [0.2, 0.25) is 0 Å². The van der Waals surface area contributed by atoms with Crippen LogP contribution in [0.4, 0.5) is 0 Å². The van der Waals surface area contributed by atoms with E-state index in [0.717, 1.165) is 44.8 Å². The maximum atomic E-state index is 6.23. The number of rotatable bonds is 3. The van der Waals surface area contributed by atoms with Gasteiger partial charge in [0.15, 0.2) is 0 Å². The van der Waals surface area contributed by atoms with Crippen molar-refractivity contribution in [3.8, 4) is 0 Å².